The van der Waals surface area contributed by atoms with Crippen LogP contribution in [0, 0.1) is 17.3 Å². The van der Waals surface area contributed by atoms with E-state index in [-0.39, 0.29) is 5.41 Å². The van der Waals surface area contributed by atoms with Crippen LogP contribution >= 0.6 is 0 Å². The summed E-state index contributed by atoms with van der Waals surface area (Å²) in [6, 6.07) is 0.487. The molecule has 0 aromatic heterocycles. The average molecular weight is 287 g/mol. The monoisotopic (exact) mass is 287 g/mol. The van der Waals surface area contributed by atoms with Crippen LogP contribution in [-0.4, -0.2) is 45.2 Å². The van der Waals surface area contributed by atoms with Crippen molar-refractivity contribution in [2.75, 3.05) is 24.7 Å². The van der Waals surface area contributed by atoms with Crippen LogP contribution in [0.2, 0.25) is 0 Å². The van der Waals surface area contributed by atoms with Gasteiger partial charge in [-0.05, 0) is 31.7 Å². The van der Waals surface area contributed by atoms with E-state index in [9.17, 15) is 8.42 Å². The van der Waals surface area contributed by atoms with Crippen LogP contribution in [0.1, 0.15) is 33.1 Å². The lowest BCUT2D eigenvalue weighted by Gasteiger charge is -2.60. The molecule has 2 heterocycles. The summed E-state index contributed by atoms with van der Waals surface area (Å²) in [6.07, 6.45) is 3.63. The number of hydrogen-bond acceptors (Lipinski definition) is 4. The molecule has 0 aromatic carbocycles. The summed E-state index contributed by atoms with van der Waals surface area (Å²) in [4.78, 5) is 0. The lowest BCUT2D eigenvalue weighted by Crippen LogP contribution is -2.69. The third kappa shape index (κ3) is 2.45. The summed E-state index contributed by atoms with van der Waals surface area (Å²) < 4.78 is 28.8. The number of ether oxygens (including phenoxy) is 1. The molecule has 0 aromatic rings. The van der Waals surface area contributed by atoms with Crippen molar-refractivity contribution in [3.05, 3.63) is 0 Å². The van der Waals surface area contributed by atoms with Gasteiger partial charge in [0, 0.05) is 24.0 Å². The summed E-state index contributed by atoms with van der Waals surface area (Å²) in [7, 11) is -2.75. The average Bonchev–Trinajstić information content (AvgIpc) is 2.69. The normalized spacial score (nSPS) is 43.5. The zero-order valence-corrected chi connectivity index (χ0v) is 12.7. The van der Waals surface area contributed by atoms with Crippen molar-refractivity contribution in [2.45, 2.75) is 45.3 Å². The first kappa shape index (κ1) is 13.8. The molecule has 0 radical (unpaired) electrons. The Labute approximate surface area is 116 Å². The van der Waals surface area contributed by atoms with Crippen molar-refractivity contribution in [1.29, 1.82) is 0 Å². The molecule has 4 nitrogen and oxygen atoms in total. The molecule has 4 atom stereocenters. The Kier molecular flexibility index (Phi) is 3.43. The molecule has 19 heavy (non-hydrogen) atoms. The molecule has 0 bridgehead atoms. The van der Waals surface area contributed by atoms with Crippen LogP contribution in [0.15, 0.2) is 0 Å². The van der Waals surface area contributed by atoms with Crippen LogP contribution < -0.4 is 5.32 Å². The smallest absolute Gasteiger partial charge is 0.150 e. The summed E-state index contributed by atoms with van der Waals surface area (Å²) in [6.45, 7) is 6.28. The fraction of sp³-hybridized carbons (Fsp3) is 1.00. The van der Waals surface area contributed by atoms with Gasteiger partial charge in [0.25, 0.3) is 0 Å². The van der Waals surface area contributed by atoms with E-state index in [2.05, 4.69) is 19.2 Å². The molecule has 4 unspecified atom stereocenters. The summed E-state index contributed by atoms with van der Waals surface area (Å²) in [5.74, 6) is 1.69. The molecule has 3 aliphatic rings. The maximum atomic E-state index is 11.5. The second-order valence-corrected chi connectivity index (χ2v) is 9.30. The van der Waals surface area contributed by atoms with Crippen molar-refractivity contribution in [1.82, 2.24) is 5.32 Å². The van der Waals surface area contributed by atoms with Gasteiger partial charge >= 0.3 is 0 Å². The standard InChI is InChI=1S/C14H25NO3S/c1-14(2)12(11-4-3-6-18-13(11)14)15-8-10-5-7-19(16,17)9-10/h10-13,15H,3-9H2,1-2H3. The first-order valence-electron chi connectivity index (χ1n) is 7.45. The van der Waals surface area contributed by atoms with Gasteiger partial charge in [-0.15, -0.1) is 0 Å². The van der Waals surface area contributed by atoms with Crippen molar-refractivity contribution in [2.24, 2.45) is 17.3 Å². The Hall–Kier alpha value is -0.130. The third-order valence-corrected chi connectivity index (χ3v) is 7.12. The lowest BCUT2D eigenvalue weighted by molar-refractivity contribution is -0.192. The van der Waals surface area contributed by atoms with Crippen molar-refractivity contribution >= 4 is 9.84 Å². The highest BCUT2D eigenvalue weighted by Crippen LogP contribution is 2.51. The van der Waals surface area contributed by atoms with Crippen LogP contribution in [-0.2, 0) is 14.6 Å². The molecular weight excluding hydrogens is 262 g/mol. The fourth-order valence-electron chi connectivity index (χ4n) is 4.26. The fourth-order valence-corrected chi connectivity index (χ4v) is 6.13. The van der Waals surface area contributed by atoms with E-state index in [0.29, 0.717) is 35.5 Å². The molecule has 2 aliphatic heterocycles. The van der Waals surface area contributed by atoms with E-state index in [1.165, 1.54) is 6.42 Å². The van der Waals surface area contributed by atoms with Crippen LogP contribution in [0.25, 0.3) is 0 Å². The second-order valence-electron chi connectivity index (χ2n) is 7.07. The highest BCUT2D eigenvalue weighted by Gasteiger charge is 2.57. The summed E-state index contributed by atoms with van der Waals surface area (Å²) in [5.41, 5.74) is 0.183. The summed E-state index contributed by atoms with van der Waals surface area (Å²) in [5, 5.41) is 3.64. The maximum absolute atomic E-state index is 11.5. The molecule has 5 heteroatoms. The quantitative estimate of drug-likeness (QED) is 0.848. The zero-order valence-electron chi connectivity index (χ0n) is 11.9. The van der Waals surface area contributed by atoms with Gasteiger partial charge in [0.15, 0.2) is 9.84 Å². The van der Waals surface area contributed by atoms with Crippen molar-refractivity contribution < 1.29 is 13.2 Å². The SMILES string of the molecule is CC1(C)C(NCC2CCS(=O)(=O)C2)C2CCCOC21. The van der Waals surface area contributed by atoms with E-state index in [1.54, 1.807) is 0 Å². The van der Waals surface area contributed by atoms with Gasteiger partial charge < -0.3 is 10.1 Å². The molecule has 2 saturated heterocycles. The minimum atomic E-state index is -2.75. The maximum Gasteiger partial charge on any atom is 0.150 e. The molecular formula is C14H25NO3S. The number of rotatable bonds is 3. The number of fused-ring (bicyclic) bond motifs is 1. The number of nitrogens with one attached hydrogen (secondary N) is 1. The number of hydrogen-bond donors (Lipinski definition) is 1. The van der Waals surface area contributed by atoms with Crippen molar-refractivity contribution in [3.63, 3.8) is 0 Å². The van der Waals surface area contributed by atoms with E-state index >= 15 is 0 Å². The topological polar surface area (TPSA) is 55.4 Å². The molecule has 110 valence electrons. The van der Waals surface area contributed by atoms with Gasteiger partial charge in [0.2, 0.25) is 0 Å². The molecule has 3 fully saturated rings. The van der Waals surface area contributed by atoms with Gasteiger partial charge in [-0.2, -0.15) is 0 Å². The first-order valence-corrected chi connectivity index (χ1v) is 9.28. The molecule has 0 amide bonds. The first-order chi connectivity index (χ1) is 8.90. The molecule has 0 spiro atoms. The predicted molar refractivity (Wildman–Crippen MR) is 74.8 cm³/mol. The summed E-state index contributed by atoms with van der Waals surface area (Å²) >= 11 is 0. The van der Waals surface area contributed by atoms with E-state index < -0.39 is 9.84 Å². The Bertz CT molecular complexity index is 446. The highest BCUT2D eigenvalue weighted by atomic mass is 32.2. The Morgan fingerprint density at radius 1 is 1.32 bits per heavy atom. The largest absolute Gasteiger partial charge is 0.377 e. The Balaban J connectivity index is 1.55. The number of sulfone groups is 1. The van der Waals surface area contributed by atoms with Gasteiger partial charge in [-0.3, -0.25) is 0 Å². The Morgan fingerprint density at radius 2 is 2.11 bits per heavy atom. The van der Waals surface area contributed by atoms with E-state index in [1.807, 2.05) is 0 Å². The van der Waals surface area contributed by atoms with Gasteiger partial charge in [-0.1, -0.05) is 13.8 Å². The van der Waals surface area contributed by atoms with E-state index in [4.69, 9.17) is 4.74 Å². The molecule has 3 rings (SSSR count). The zero-order chi connectivity index (χ0) is 13.7. The third-order valence-electron chi connectivity index (χ3n) is 5.28. The lowest BCUT2D eigenvalue weighted by atomic mass is 9.55. The highest BCUT2D eigenvalue weighted by molar-refractivity contribution is 7.91. The van der Waals surface area contributed by atoms with Gasteiger partial charge in [0.1, 0.15) is 0 Å². The van der Waals surface area contributed by atoms with Crippen molar-refractivity contribution in [3.8, 4) is 0 Å². The van der Waals surface area contributed by atoms with Gasteiger partial charge in [0.05, 0.1) is 17.6 Å². The minimum Gasteiger partial charge on any atom is -0.377 e. The molecule has 1 saturated carbocycles. The second kappa shape index (κ2) is 4.71. The predicted octanol–water partition coefficient (Wildman–Crippen LogP) is 1.21. The van der Waals surface area contributed by atoms with Crippen LogP contribution in [0.4, 0.5) is 0 Å². The van der Waals surface area contributed by atoms with E-state index in [0.717, 1.165) is 26.0 Å². The molecule has 1 aliphatic carbocycles. The van der Waals surface area contributed by atoms with Crippen LogP contribution in [0.3, 0.4) is 0 Å². The minimum absolute atomic E-state index is 0.183. The van der Waals surface area contributed by atoms with Crippen LogP contribution in [0.5, 0.6) is 0 Å². The van der Waals surface area contributed by atoms with Gasteiger partial charge in [-0.25, -0.2) is 8.42 Å². The Morgan fingerprint density at radius 3 is 2.79 bits per heavy atom. The molecule has 1 N–H and O–H groups in total.